The highest BCUT2D eigenvalue weighted by atomic mass is 16.2. The molecule has 0 aromatic heterocycles. The molecule has 2 aliphatic rings. The van der Waals surface area contributed by atoms with E-state index in [-0.39, 0.29) is 18.4 Å². The van der Waals surface area contributed by atoms with Crippen molar-refractivity contribution in [3.05, 3.63) is 34.9 Å². The molecule has 114 valence electrons. The van der Waals surface area contributed by atoms with E-state index in [1.165, 1.54) is 11.1 Å². The Balaban J connectivity index is 1.92. The number of carbonyl (C=O) groups excluding carboxylic acids is 2. The molecule has 1 N–H and O–H groups in total. The number of carbonyl (C=O) groups is 2. The number of imide groups is 1. The zero-order valence-corrected chi connectivity index (χ0v) is 12.8. The molecule has 5 nitrogen and oxygen atoms in total. The van der Waals surface area contributed by atoms with Crippen LogP contribution in [0.5, 0.6) is 0 Å². The second-order valence-electron chi connectivity index (χ2n) is 6.34. The van der Waals surface area contributed by atoms with Gasteiger partial charge < -0.3 is 5.32 Å². The van der Waals surface area contributed by atoms with Crippen molar-refractivity contribution in [1.82, 2.24) is 10.2 Å². The summed E-state index contributed by atoms with van der Waals surface area (Å²) in [7, 11) is 0. The molecule has 1 fully saturated rings. The molecule has 1 aromatic carbocycles. The normalized spacial score (nSPS) is 24.9. The summed E-state index contributed by atoms with van der Waals surface area (Å²) >= 11 is 0. The number of rotatable bonds is 3. The van der Waals surface area contributed by atoms with Crippen LogP contribution >= 0.6 is 0 Å². The van der Waals surface area contributed by atoms with Gasteiger partial charge in [0.2, 0.25) is 0 Å². The highest BCUT2D eigenvalue weighted by molar-refractivity contribution is 6.07. The van der Waals surface area contributed by atoms with Crippen molar-refractivity contribution in [2.45, 2.75) is 38.6 Å². The van der Waals surface area contributed by atoms with Crippen LogP contribution in [0.25, 0.3) is 0 Å². The maximum absolute atomic E-state index is 12.7. The number of fused-ring (bicyclic) bond motifs is 1. The van der Waals surface area contributed by atoms with Crippen molar-refractivity contribution in [2.24, 2.45) is 5.92 Å². The van der Waals surface area contributed by atoms with Gasteiger partial charge in [0.25, 0.3) is 5.91 Å². The van der Waals surface area contributed by atoms with Crippen LogP contribution < -0.4 is 5.32 Å². The number of nitriles is 1. The molecule has 22 heavy (non-hydrogen) atoms. The minimum atomic E-state index is -1.04. The van der Waals surface area contributed by atoms with Crippen LogP contribution in [0.3, 0.4) is 0 Å². The van der Waals surface area contributed by atoms with Gasteiger partial charge in [-0.1, -0.05) is 18.2 Å². The van der Waals surface area contributed by atoms with E-state index in [0.717, 1.165) is 29.7 Å². The first-order chi connectivity index (χ1) is 10.5. The molecule has 3 rings (SSSR count). The third kappa shape index (κ3) is 2.16. The molecule has 1 saturated heterocycles. The monoisotopic (exact) mass is 297 g/mol. The zero-order valence-electron chi connectivity index (χ0n) is 12.8. The fourth-order valence-electron chi connectivity index (χ4n) is 3.26. The van der Waals surface area contributed by atoms with Crippen molar-refractivity contribution in [2.75, 3.05) is 6.54 Å². The Morgan fingerprint density at radius 1 is 1.36 bits per heavy atom. The van der Waals surface area contributed by atoms with Gasteiger partial charge in [0, 0.05) is 6.54 Å². The minimum absolute atomic E-state index is 0.127. The van der Waals surface area contributed by atoms with Crippen molar-refractivity contribution in [1.29, 1.82) is 5.26 Å². The summed E-state index contributed by atoms with van der Waals surface area (Å²) in [6, 6.07) is 7.67. The molecule has 1 aromatic rings. The quantitative estimate of drug-likeness (QED) is 0.868. The Kier molecular flexibility index (Phi) is 3.40. The maximum atomic E-state index is 12.7. The van der Waals surface area contributed by atoms with Gasteiger partial charge in [-0.3, -0.25) is 9.69 Å². The van der Waals surface area contributed by atoms with Crippen LogP contribution in [0, 0.1) is 17.2 Å². The van der Waals surface area contributed by atoms with E-state index in [2.05, 4.69) is 17.5 Å². The Morgan fingerprint density at radius 2 is 2.09 bits per heavy atom. The highest BCUT2D eigenvalue weighted by Crippen LogP contribution is 2.32. The zero-order chi connectivity index (χ0) is 15.9. The van der Waals surface area contributed by atoms with Gasteiger partial charge in [-0.15, -0.1) is 0 Å². The summed E-state index contributed by atoms with van der Waals surface area (Å²) in [5.41, 5.74) is 2.38. The minimum Gasteiger partial charge on any atom is -0.319 e. The fraction of sp³-hybridized carbons (Fsp3) is 0.471. The molecule has 0 spiro atoms. The second kappa shape index (κ2) is 5.13. The molecule has 1 heterocycles. The summed E-state index contributed by atoms with van der Waals surface area (Å²) in [5, 5.41) is 11.7. The van der Waals surface area contributed by atoms with Crippen LogP contribution in [0.1, 0.15) is 37.0 Å². The predicted molar refractivity (Wildman–Crippen MR) is 80.8 cm³/mol. The molecule has 2 atom stereocenters. The van der Waals surface area contributed by atoms with E-state index < -0.39 is 11.6 Å². The largest absolute Gasteiger partial charge is 0.325 e. The second-order valence-corrected chi connectivity index (χ2v) is 6.34. The third-order valence-electron chi connectivity index (χ3n) is 4.63. The first-order valence-corrected chi connectivity index (χ1v) is 7.61. The number of nitrogens with zero attached hydrogens (tertiary/aromatic N) is 2. The Morgan fingerprint density at radius 3 is 2.82 bits per heavy atom. The van der Waals surface area contributed by atoms with E-state index >= 15 is 0 Å². The molecule has 0 saturated carbocycles. The van der Waals surface area contributed by atoms with Gasteiger partial charge >= 0.3 is 6.03 Å². The fourth-order valence-corrected chi connectivity index (χ4v) is 3.26. The van der Waals surface area contributed by atoms with E-state index in [1.54, 1.807) is 13.8 Å². The molecule has 0 unspecified atom stereocenters. The van der Waals surface area contributed by atoms with Crippen molar-refractivity contribution < 1.29 is 9.59 Å². The lowest BCUT2D eigenvalue weighted by Crippen LogP contribution is -2.41. The average Bonchev–Trinajstić information content (AvgIpc) is 3.05. The van der Waals surface area contributed by atoms with E-state index in [0.29, 0.717) is 0 Å². The predicted octanol–water partition coefficient (Wildman–Crippen LogP) is 2.10. The van der Waals surface area contributed by atoms with Crippen LogP contribution in [-0.2, 0) is 23.2 Å². The number of urea groups is 1. The molecule has 5 heteroatoms. The number of aryl methyl sites for hydroxylation is 2. The maximum Gasteiger partial charge on any atom is 0.325 e. The Labute approximate surface area is 129 Å². The van der Waals surface area contributed by atoms with Crippen LogP contribution in [0.2, 0.25) is 0 Å². The van der Waals surface area contributed by atoms with Gasteiger partial charge in [-0.2, -0.15) is 5.26 Å². The van der Waals surface area contributed by atoms with Crippen molar-refractivity contribution in [3.8, 4) is 6.07 Å². The summed E-state index contributed by atoms with van der Waals surface area (Å²) in [5.74, 6) is -0.658. The summed E-state index contributed by atoms with van der Waals surface area (Å²) < 4.78 is 0. The number of hydrogen-bond acceptors (Lipinski definition) is 3. The highest BCUT2D eigenvalue weighted by Gasteiger charge is 2.49. The lowest BCUT2D eigenvalue weighted by atomic mass is 9.89. The standard InChI is InChI=1S/C17H19N3O2/c1-11(9-18)10-20-15(21)17(2,19-16(20)22)14-7-6-12-4-3-5-13(12)8-14/h6-8,11H,3-5,10H2,1-2H3,(H,19,22)/t11-,17-/m0/s1. The number of benzene rings is 1. The average molecular weight is 297 g/mol. The van der Waals surface area contributed by atoms with Gasteiger partial charge in [-0.05, 0) is 49.8 Å². The van der Waals surface area contributed by atoms with Crippen LogP contribution in [0.15, 0.2) is 18.2 Å². The molecular weight excluding hydrogens is 278 g/mol. The third-order valence-corrected chi connectivity index (χ3v) is 4.63. The topological polar surface area (TPSA) is 73.2 Å². The van der Waals surface area contributed by atoms with E-state index in [9.17, 15) is 9.59 Å². The lowest BCUT2D eigenvalue weighted by Gasteiger charge is -2.23. The van der Waals surface area contributed by atoms with E-state index in [1.807, 2.05) is 12.1 Å². The molecule has 1 aliphatic carbocycles. The number of amides is 3. The van der Waals surface area contributed by atoms with Gasteiger partial charge in [-0.25, -0.2) is 4.79 Å². The first kappa shape index (κ1) is 14.6. The van der Waals surface area contributed by atoms with Gasteiger partial charge in [0.15, 0.2) is 0 Å². The smallest absolute Gasteiger partial charge is 0.319 e. The molecule has 1 aliphatic heterocycles. The number of hydrogen-bond donors (Lipinski definition) is 1. The Bertz CT molecular complexity index is 692. The first-order valence-electron chi connectivity index (χ1n) is 7.61. The molecule has 0 bridgehead atoms. The Hall–Kier alpha value is -2.35. The van der Waals surface area contributed by atoms with Crippen LogP contribution in [0.4, 0.5) is 4.79 Å². The van der Waals surface area contributed by atoms with Gasteiger partial charge in [0.1, 0.15) is 5.54 Å². The summed E-state index contributed by atoms with van der Waals surface area (Å²) in [4.78, 5) is 26.0. The summed E-state index contributed by atoms with van der Waals surface area (Å²) in [6.45, 7) is 3.56. The van der Waals surface area contributed by atoms with E-state index in [4.69, 9.17) is 5.26 Å². The molecule has 3 amide bonds. The van der Waals surface area contributed by atoms with Crippen molar-refractivity contribution in [3.63, 3.8) is 0 Å². The number of nitrogens with one attached hydrogen (secondary N) is 1. The van der Waals surface area contributed by atoms with Crippen molar-refractivity contribution >= 4 is 11.9 Å². The van der Waals surface area contributed by atoms with Crippen LogP contribution in [-0.4, -0.2) is 23.4 Å². The SMILES string of the molecule is C[C@@H](C#N)CN1C(=O)N[C@@](C)(c2ccc3c(c2)CCC3)C1=O. The summed E-state index contributed by atoms with van der Waals surface area (Å²) in [6.07, 6.45) is 3.25. The molecular formula is C17H19N3O2. The van der Waals surface area contributed by atoms with Gasteiger partial charge in [0.05, 0.1) is 12.0 Å². The molecule has 0 radical (unpaired) electrons. The lowest BCUT2D eigenvalue weighted by molar-refractivity contribution is -0.131.